The molecular weight excluding hydrogens is 276 g/mol. The molecule has 4 atom stereocenters. The Morgan fingerprint density at radius 3 is 2.75 bits per heavy atom. The smallest absolute Gasteiger partial charge is 0.307 e. The highest BCUT2D eigenvalue weighted by atomic mass is 32.1. The fourth-order valence-corrected chi connectivity index (χ4v) is 3.65. The molecule has 0 saturated heterocycles. The van der Waals surface area contributed by atoms with Crippen molar-refractivity contribution in [2.45, 2.75) is 39.2 Å². The number of rotatable bonds is 5. The minimum atomic E-state index is -0.864. The number of nitrogens with zero attached hydrogens (tertiary/aromatic N) is 1. The number of hydrogen-bond acceptors (Lipinski definition) is 4. The number of aliphatic carboxylic acids is 1. The lowest BCUT2D eigenvalue weighted by Crippen LogP contribution is -2.37. The number of nitrogens with one attached hydrogen (secondary N) is 1. The third-order valence-electron chi connectivity index (χ3n) is 3.93. The highest BCUT2D eigenvalue weighted by molar-refractivity contribution is 7.09. The van der Waals surface area contributed by atoms with E-state index >= 15 is 0 Å². The Balaban J connectivity index is 2.05. The van der Waals surface area contributed by atoms with Crippen molar-refractivity contribution in [1.29, 1.82) is 0 Å². The third kappa shape index (κ3) is 3.17. The van der Waals surface area contributed by atoms with E-state index in [-0.39, 0.29) is 17.9 Å². The number of carboxylic acids is 1. The van der Waals surface area contributed by atoms with Gasteiger partial charge in [-0.2, -0.15) is 0 Å². The van der Waals surface area contributed by atoms with Gasteiger partial charge >= 0.3 is 5.97 Å². The molecule has 1 heterocycles. The quantitative estimate of drug-likeness (QED) is 0.874. The zero-order valence-electron chi connectivity index (χ0n) is 11.7. The first-order chi connectivity index (χ1) is 9.52. The van der Waals surface area contributed by atoms with Gasteiger partial charge in [0.1, 0.15) is 5.01 Å². The summed E-state index contributed by atoms with van der Waals surface area (Å²) in [6, 6.07) is -0.118. The summed E-state index contributed by atoms with van der Waals surface area (Å²) in [5, 5.41) is 14.9. The van der Waals surface area contributed by atoms with Gasteiger partial charge < -0.3 is 10.4 Å². The number of carbonyl (C=O) groups is 2. The summed E-state index contributed by atoms with van der Waals surface area (Å²) < 4.78 is 0. The number of hydrogen-bond donors (Lipinski definition) is 2. The van der Waals surface area contributed by atoms with Gasteiger partial charge in [0.15, 0.2) is 0 Å². The fraction of sp³-hybridized carbons (Fsp3) is 0.643. The van der Waals surface area contributed by atoms with Crippen molar-refractivity contribution in [2.75, 3.05) is 0 Å². The predicted octanol–water partition coefficient (Wildman–Crippen LogP) is 2.46. The molecule has 1 amide bonds. The second kappa shape index (κ2) is 6.35. The van der Waals surface area contributed by atoms with Gasteiger partial charge in [-0.15, -0.1) is 11.3 Å². The molecule has 6 heteroatoms. The van der Waals surface area contributed by atoms with E-state index in [1.807, 2.05) is 19.2 Å². The molecule has 2 rings (SSSR count). The second-order valence-electron chi connectivity index (χ2n) is 5.47. The van der Waals surface area contributed by atoms with E-state index < -0.39 is 17.8 Å². The van der Waals surface area contributed by atoms with Crippen LogP contribution >= 0.6 is 11.3 Å². The van der Waals surface area contributed by atoms with Crippen molar-refractivity contribution in [1.82, 2.24) is 10.3 Å². The molecule has 1 saturated carbocycles. The fourth-order valence-electron chi connectivity index (χ4n) is 2.88. The van der Waals surface area contributed by atoms with E-state index in [9.17, 15) is 14.7 Å². The molecule has 0 radical (unpaired) electrons. The number of aromatic nitrogens is 1. The van der Waals surface area contributed by atoms with E-state index in [0.717, 1.165) is 11.4 Å². The molecule has 0 aromatic carbocycles. The maximum absolute atomic E-state index is 12.4. The summed E-state index contributed by atoms with van der Waals surface area (Å²) in [4.78, 5) is 27.9. The van der Waals surface area contributed by atoms with Gasteiger partial charge in [-0.1, -0.05) is 13.8 Å². The predicted molar refractivity (Wildman–Crippen MR) is 76.3 cm³/mol. The first-order valence-corrected chi connectivity index (χ1v) is 7.83. The maximum Gasteiger partial charge on any atom is 0.307 e. The molecule has 20 heavy (non-hydrogen) atoms. The lowest BCUT2D eigenvalue weighted by atomic mass is 9.95. The van der Waals surface area contributed by atoms with Gasteiger partial charge in [0.2, 0.25) is 5.91 Å². The third-order valence-corrected chi connectivity index (χ3v) is 4.82. The van der Waals surface area contributed by atoms with Crippen LogP contribution in [0.5, 0.6) is 0 Å². The number of amides is 1. The van der Waals surface area contributed by atoms with Crippen LogP contribution in [0, 0.1) is 17.8 Å². The lowest BCUT2D eigenvalue weighted by Gasteiger charge is -2.20. The van der Waals surface area contributed by atoms with Gasteiger partial charge in [0, 0.05) is 11.6 Å². The van der Waals surface area contributed by atoms with Crippen LogP contribution in [-0.2, 0) is 9.59 Å². The van der Waals surface area contributed by atoms with Gasteiger partial charge in [-0.3, -0.25) is 9.59 Å². The molecule has 1 aromatic heterocycles. The van der Waals surface area contributed by atoms with Crippen LogP contribution in [0.1, 0.15) is 44.2 Å². The Labute approximate surface area is 122 Å². The van der Waals surface area contributed by atoms with Gasteiger partial charge in [0.25, 0.3) is 0 Å². The van der Waals surface area contributed by atoms with Crippen molar-refractivity contribution in [3.8, 4) is 0 Å². The van der Waals surface area contributed by atoms with E-state index in [0.29, 0.717) is 12.8 Å². The number of thiazole rings is 1. The molecule has 1 aliphatic rings. The minimum absolute atomic E-state index is 0.118. The van der Waals surface area contributed by atoms with Crippen molar-refractivity contribution < 1.29 is 14.7 Å². The number of carboxylic acid groups (broad SMARTS) is 1. The Hall–Kier alpha value is -1.43. The Morgan fingerprint density at radius 2 is 2.20 bits per heavy atom. The number of carbonyl (C=O) groups excluding carboxylic acids is 1. The maximum atomic E-state index is 12.4. The molecule has 2 unspecified atom stereocenters. The van der Waals surface area contributed by atoms with Crippen molar-refractivity contribution in [3.05, 3.63) is 16.6 Å². The molecule has 5 nitrogen and oxygen atoms in total. The summed E-state index contributed by atoms with van der Waals surface area (Å²) in [6.07, 6.45) is 3.70. The molecule has 110 valence electrons. The van der Waals surface area contributed by atoms with Crippen LogP contribution in [0.4, 0.5) is 0 Å². The lowest BCUT2D eigenvalue weighted by molar-refractivity contribution is -0.146. The topological polar surface area (TPSA) is 79.3 Å². The zero-order valence-corrected chi connectivity index (χ0v) is 12.5. The first-order valence-electron chi connectivity index (χ1n) is 6.95. The van der Waals surface area contributed by atoms with Crippen LogP contribution in [0.2, 0.25) is 0 Å². The Kier molecular flexibility index (Phi) is 4.75. The SMILES string of the molecule is CCC(NC(=O)[C@H]1CC(C)C[C@H]1C(=O)O)c1nccs1. The summed E-state index contributed by atoms with van der Waals surface area (Å²) in [5.74, 6) is -1.71. The summed E-state index contributed by atoms with van der Waals surface area (Å²) in [7, 11) is 0. The second-order valence-corrected chi connectivity index (χ2v) is 6.39. The molecule has 0 spiro atoms. The van der Waals surface area contributed by atoms with E-state index in [1.54, 1.807) is 6.20 Å². The largest absolute Gasteiger partial charge is 0.481 e. The summed E-state index contributed by atoms with van der Waals surface area (Å²) >= 11 is 1.51. The molecule has 1 aromatic rings. The highest BCUT2D eigenvalue weighted by Crippen LogP contribution is 2.37. The molecule has 1 aliphatic carbocycles. The van der Waals surface area contributed by atoms with Crippen molar-refractivity contribution in [3.63, 3.8) is 0 Å². The average Bonchev–Trinajstić information content (AvgIpc) is 3.04. The van der Waals surface area contributed by atoms with Gasteiger partial charge in [-0.25, -0.2) is 4.98 Å². The van der Waals surface area contributed by atoms with E-state index in [2.05, 4.69) is 10.3 Å². The van der Waals surface area contributed by atoms with Crippen LogP contribution in [-0.4, -0.2) is 22.0 Å². The molecule has 1 fully saturated rings. The van der Waals surface area contributed by atoms with Crippen molar-refractivity contribution in [2.24, 2.45) is 17.8 Å². The van der Waals surface area contributed by atoms with Crippen LogP contribution < -0.4 is 5.32 Å². The standard InChI is InChI=1S/C14H20N2O3S/c1-3-11(13-15-4-5-20-13)16-12(17)9-6-8(2)7-10(9)14(18)19/h4-5,8-11H,3,6-7H2,1-2H3,(H,16,17)(H,18,19)/t8?,9-,10+,11?/m0/s1. The molecular formula is C14H20N2O3S. The van der Waals surface area contributed by atoms with E-state index in [4.69, 9.17) is 0 Å². The summed E-state index contributed by atoms with van der Waals surface area (Å²) in [5.41, 5.74) is 0. The molecule has 0 aliphatic heterocycles. The van der Waals surface area contributed by atoms with Crippen LogP contribution in [0.15, 0.2) is 11.6 Å². The average molecular weight is 296 g/mol. The normalized spacial score (nSPS) is 27.2. The first kappa shape index (κ1) is 15.0. The van der Waals surface area contributed by atoms with Gasteiger partial charge in [0.05, 0.1) is 17.9 Å². The van der Waals surface area contributed by atoms with Gasteiger partial charge in [-0.05, 0) is 25.2 Å². The van der Waals surface area contributed by atoms with Crippen LogP contribution in [0.25, 0.3) is 0 Å². The monoisotopic (exact) mass is 296 g/mol. The Morgan fingerprint density at radius 1 is 1.50 bits per heavy atom. The zero-order chi connectivity index (χ0) is 14.7. The highest BCUT2D eigenvalue weighted by Gasteiger charge is 2.41. The Bertz CT molecular complexity index is 475. The molecule has 2 N–H and O–H groups in total. The summed E-state index contributed by atoms with van der Waals surface area (Å²) in [6.45, 7) is 3.99. The van der Waals surface area contributed by atoms with E-state index in [1.165, 1.54) is 11.3 Å². The minimum Gasteiger partial charge on any atom is -0.481 e. The molecule has 0 bridgehead atoms. The van der Waals surface area contributed by atoms with Crippen LogP contribution in [0.3, 0.4) is 0 Å². The van der Waals surface area contributed by atoms with Crippen molar-refractivity contribution >= 4 is 23.2 Å².